The number of halogens is 2. The number of benzene rings is 3. The molecule has 24 heavy (non-hydrogen) atoms. The van der Waals surface area contributed by atoms with E-state index in [9.17, 15) is 8.78 Å². The molecule has 3 heteroatoms. The Morgan fingerprint density at radius 2 is 1.67 bits per heavy atom. The Balaban J connectivity index is 2.01. The number of aryl methyl sites for hydroxylation is 1. The Labute approximate surface area is 140 Å². The Morgan fingerprint density at radius 1 is 0.958 bits per heavy atom. The highest BCUT2D eigenvalue weighted by atomic mass is 19.2. The van der Waals surface area contributed by atoms with Crippen LogP contribution in [0.5, 0.6) is 5.75 Å². The summed E-state index contributed by atoms with van der Waals surface area (Å²) in [5.41, 5.74) is 2.15. The lowest BCUT2D eigenvalue weighted by Gasteiger charge is -2.09. The van der Waals surface area contributed by atoms with Crippen LogP contribution in [0.3, 0.4) is 0 Å². The monoisotopic (exact) mass is 324 g/mol. The van der Waals surface area contributed by atoms with E-state index in [0.717, 1.165) is 16.9 Å². The fraction of sp³-hybridized carbons (Fsp3) is 0.143. The van der Waals surface area contributed by atoms with Crippen LogP contribution in [0.2, 0.25) is 0 Å². The third kappa shape index (κ3) is 3.02. The smallest absolute Gasteiger partial charge is 0.166 e. The zero-order chi connectivity index (χ0) is 17.1. The normalized spacial score (nSPS) is 10.8. The summed E-state index contributed by atoms with van der Waals surface area (Å²) in [6.45, 7) is 5.86. The molecule has 0 amide bonds. The van der Waals surface area contributed by atoms with Crippen molar-refractivity contribution in [1.82, 2.24) is 0 Å². The molecule has 3 aromatic carbocycles. The van der Waals surface area contributed by atoms with Gasteiger partial charge in [0.25, 0.3) is 0 Å². The SMILES string of the molecule is C=CCOc1ccc(-c2ccc3cc(CC)c(F)c(F)c3c2)cc1. The molecule has 0 aliphatic rings. The van der Waals surface area contributed by atoms with Crippen LogP contribution in [0.15, 0.2) is 61.2 Å². The third-order valence-electron chi connectivity index (χ3n) is 4.03. The molecule has 3 rings (SSSR count). The van der Waals surface area contributed by atoms with E-state index >= 15 is 0 Å². The lowest BCUT2D eigenvalue weighted by Crippen LogP contribution is -1.95. The average Bonchev–Trinajstić information content (AvgIpc) is 2.63. The van der Waals surface area contributed by atoms with E-state index in [2.05, 4.69) is 6.58 Å². The summed E-state index contributed by atoms with van der Waals surface area (Å²) < 4.78 is 33.8. The molecule has 122 valence electrons. The van der Waals surface area contributed by atoms with Gasteiger partial charge in [-0.2, -0.15) is 0 Å². The van der Waals surface area contributed by atoms with Crippen LogP contribution in [0.25, 0.3) is 21.9 Å². The van der Waals surface area contributed by atoms with Gasteiger partial charge in [0, 0.05) is 5.39 Å². The predicted octanol–water partition coefficient (Wildman–Crippen LogP) is 5.91. The molecule has 0 aliphatic carbocycles. The molecular formula is C21H18F2O. The Bertz CT molecular complexity index is 882. The maximum absolute atomic E-state index is 14.3. The van der Waals surface area contributed by atoms with E-state index in [-0.39, 0.29) is 0 Å². The van der Waals surface area contributed by atoms with Crippen LogP contribution in [0, 0.1) is 11.6 Å². The molecule has 0 fully saturated rings. The van der Waals surface area contributed by atoms with Gasteiger partial charge in [-0.1, -0.05) is 43.8 Å². The van der Waals surface area contributed by atoms with Crippen molar-refractivity contribution in [1.29, 1.82) is 0 Å². The van der Waals surface area contributed by atoms with E-state index in [0.29, 0.717) is 29.4 Å². The second-order valence-corrected chi connectivity index (χ2v) is 5.58. The molecule has 0 saturated heterocycles. The predicted molar refractivity (Wildman–Crippen MR) is 94.4 cm³/mol. The third-order valence-corrected chi connectivity index (χ3v) is 4.03. The molecule has 0 unspecified atom stereocenters. The summed E-state index contributed by atoms with van der Waals surface area (Å²) in [6, 6.07) is 14.6. The van der Waals surface area contributed by atoms with Crippen molar-refractivity contribution in [2.75, 3.05) is 6.61 Å². The largest absolute Gasteiger partial charge is 0.490 e. The van der Waals surface area contributed by atoms with Crippen molar-refractivity contribution < 1.29 is 13.5 Å². The highest BCUT2D eigenvalue weighted by Gasteiger charge is 2.13. The minimum Gasteiger partial charge on any atom is -0.490 e. The molecule has 0 atom stereocenters. The zero-order valence-corrected chi connectivity index (χ0v) is 13.5. The van der Waals surface area contributed by atoms with Gasteiger partial charge in [-0.05, 0) is 52.8 Å². The molecule has 0 radical (unpaired) electrons. The van der Waals surface area contributed by atoms with E-state index in [1.807, 2.05) is 43.3 Å². The van der Waals surface area contributed by atoms with Crippen molar-refractivity contribution in [3.63, 3.8) is 0 Å². The van der Waals surface area contributed by atoms with Crippen molar-refractivity contribution in [3.05, 3.63) is 78.4 Å². The second kappa shape index (κ2) is 6.83. The number of rotatable bonds is 5. The van der Waals surface area contributed by atoms with Gasteiger partial charge in [0.15, 0.2) is 11.6 Å². The lowest BCUT2D eigenvalue weighted by atomic mass is 9.98. The minimum absolute atomic E-state index is 0.300. The highest BCUT2D eigenvalue weighted by molar-refractivity contribution is 5.88. The first kappa shape index (κ1) is 16.2. The molecule has 0 N–H and O–H groups in total. The second-order valence-electron chi connectivity index (χ2n) is 5.58. The minimum atomic E-state index is -0.780. The molecule has 3 aromatic rings. The molecule has 0 aliphatic heterocycles. The summed E-state index contributed by atoms with van der Waals surface area (Å²) in [7, 11) is 0. The number of hydrogen-bond acceptors (Lipinski definition) is 1. The Hall–Kier alpha value is -2.68. The fourth-order valence-electron chi connectivity index (χ4n) is 2.72. The first-order valence-electron chi connectivity index (χ1n) is 7.88. The van der Waals surface area contributed by atoms with E-state index < -0.39 is 11.6 Å². The average molecular weight is 324 g/mol. The first-order valence-corrected chi connectivity index (χ1v) is 7.88. The molecular weight excluding hydrogens is 306 g/mol. The lowest BCUT2D eigenvalue weighted by molar-refractivity contribution is 0.363. The zero-order valence-electron chi connectivity index (χ0n) is 13.5. The van der Waals surface area contributed by atoms with Crippen LogP contribution in [-0.2, 0) is 6.42 Å². The van der Waals surface area contributed by atoms with Gasteiger partial charge in [-0.15, -0.1) is 0 Å². The van der Waals surface area contributed by atoms with Crippen molar-refractivity contribution in [2.45, 2.75) is 13.3 Å². The van der Waals surface area contributed by atoms with Crippen LogP contribution in [0.4, 0.5) is 8.78 Å². The van der Waals surface area contributed by atoms with E-state index in [1.165, 1.54) is 0 Å². The Kier molecular flexibility index (Phi) is 4.61. The Morgan fingerprint density at radius 3 is 2.33 bits per heavy atom. The van der Waals surface area contributed by atoms with Gasteiger partial charge in [-0.25, -0.2) is 8.78 Å². The van der Waals surface area contributed by atoms with Gasteiger partial charge in [0.2, 0.25) is 0 Å². The molecule has 0 bridgehead atoms. The van der Waals surface area contributed by atoms with Crippen LogP contribution >= 0.6 is 0 Å². The number of fused-ring (bicyclic) bond motifs is 1. The van der Waals surface area contributed by atoms with Crippen molar-refractivity contribution >= 4 is 10.8 Å². The number of ether oxygens (including phenoxy) is 1. The standard InChI is InChI=1S/C21H18F2O/c1-3-11-24-18-9-7-15(8-10-18)16-5-6-17-12-14(4-2)20(22)21(23)19(17)13-16/h3,5-10,12-13H,1,4,11H2,2H3. The molecule has 0 heterocycles. The van der Waals surface area contributed by atoms with Gasteiger partial charge in [0.1, 0.15) is 12.4 Å². The molecule has 0 spiro atoms. The van der Waals surface area contributed by atoms with E-state index in [4.69, 9.17) is 4.74 Å². The highest BCUT2D eigenvalue weighted by Crippen LogP contribution is 2.30. The number of hydrogen-bond donors (Lipinski definition) is 0. The van der Waals surface area contributed by atoms with Crippen LogP contribution < -0.4 is 4.74 Å². The van der Waals surface area contributed by atoms with Gasteiger partial charge >= 0.3 is 0 Å². The summed E-state index contributed by atoms with van der Waals surface area (Å²) in [5, 5.41) is 1.01. The maximum atomic E-state index is 14.3. The first-order chi connectivity index (χ1) is 11.6. The summed E-state index contributed by atoms with van der Waals surface area (Å²) in [6.07, 6.45) is 2.14. The molecule has 1 nitrogen and oxygen atoms in total. The van der Waals surface area contributed by atoms with Crippen LogP contribution in [-0.4, -0.2) is 6.61 Å². The summed E-state index contributed by atoms with van der Waals surface area (Å²) in [5.74, 6) is -0.795. The van der Waals surface area contributed by atoms with Crippen molar-refractivity contribution in [2.24, 2.45) is 0 Å². The topological polar surface area (TPSA) is 9.23 Å². The fourth-order valence-corrected chi connectivity index (χ4v) is 2.72. The molecule has 0 aromatic heterocycles. The van der Waals surface area contributed by atoms with Gasteiger partial charge < -0.3 is 4.74 Å². The maximum Gasteiger partial charge on any atom is 0.166 e. The van der Waals surface area contributed by atoms with Gasteiger partial charge in [0.05, 0.1) is 0 Å². The summed E-state index contributed by atoms with van der Waals surface area (Å²) >= 11 is 0. The molecule has 0 saturated carbocycles. The van der Waals surface area contributed by atoms with Crippen LogP contribution in [0.1, 0.15) is 12.5 Å². The summed E-state index contributed by atoms with van der Waals surface area (Å²) in [4.78, 5) is 0. The van der Waals surface area contributed by atoms with E-state index in [1.54, 1.807) is 18.2 Å². The van der Waals surface area contributed by atoms with Crippen molar-refractivity contribution in [3.8, 4) is 16.9 Å². The van der Waals surface area contributed by atoms with Gasteiger partial charge in [-0.3, -0.25) is 0 Å². The quantitative estimate of drug-likeness (QED) is 0.530.